The van der Waals surface area contributed by atoms with Crippen LogP contribution in [0.2, 0.25) is 0 Å². The molecule has 0 amide bonds. The Labute approximate surface area is 126 Å². The Morgan fingerprint density at radius 3 is 3.00 bits per heavy atom. The van der Waals surface area contributed by atoms with E-state index in [0.717, 1.165) is 38.8 Å². The van der Waals surface area contributed by atoms with Crippen molar-refractivity contribution in [3.05, 3.63) is 16.1 Å². The van der Waals surface area contributed by atoms with Gasteiger partial charge in [-0.05, 0) is 25.8 Å². The van der Waals surface area contributed by atoms with E-state index in [1.165, 1.54) is 23.5 Å². The largest absolute Gasteiger partial charge is 0.380 e. The highest BCUT2D eigenvalue weighted by Crippen LogP contribution is 2.28. The molecule has 4 nitrogen and oxygen atoms in total. The van der Waals surface area contributed by atoms with Crippen molar-refractivity contribution >= 4 is 11.3 Å². The Morgan fingerprint density at radius 1 is 1.50 bits per heavy atom. The van der Waals surface area contributed by atoms with Gasteiger partial charge in [0.1, 0.15) is 5.01 Å². The van der Waals surface area contributed by atoms with E-state index in [9.17, 15) is 0 Å². The van der Waals surface area contributed by atoms with Crippen molar-refractivity contribution in [2.24, 2.45) is 5.92 Å². The Bertz CT molecular complexity index is 390. The van der Waals surface area contributed by atoms with Crippen molar-refractivity contribution < 1.29 is 4.74 Å². The molecular weight excluding hydrogens is 270 g/mol. The molecule has 2 rings (SSSR count). The standard InChI is InChI=1S/C15H27N3OS/c1-12(2)16-8-15-17-14(11-20-15)9-18(3)6-7-19-10-13-4-5-13/h11-13,16H,4-10H2,1-3H3. The Balaban J connectivity index is 1.61. The number of likely N-dealkylation sites (N-methyl/N-ethyl adjacent to an activating group) is 1. The van der Waals surface area contributed by atoms with Crippen LogP contribution in [0.4, 0.5) is 0 Å². The van der Waals surface area contributed by atoms with Gasteiger partial charge < -0.3 is 10.1 Å². The second-order valence-corrected chi connectivity index (χ2v) is 6.97. The smallest absolute Gasteiger partial charge is 0.107 e. The van der Waals surface area contributed by atoms with Crippen LogP contribution in [0.3, 0.4) is 0 Å². The van der Waals surface area contributed by atoms with E-state index in [1.54, 1.807) is 11.3 Å². The lowest BCUT2D eigenvalue weighted by Crippen LogP contribution is -2.23. The van der Waals surface area contributed by atoms with Crippen LogP contribution >= 0.6 is 11.3 Å². The maximum Gasteiger partial charge on any atom is 0.107 e. The Hall–Kier alpha value is -0.490. The van der Waals surface area contributed by atoms with E-state index in [1.807, 2.05) is 0 Å². The van der Waals surface area contributed by atoms with Crippen molar-refractivity contribution in [3.63, 3.8) is 0 Å². The van der Waals surface area contributed by atoms with E-state index in [0.29, 0.717) is 6.04 Å². The molecule has 0 bridgehead atoms. The molecule has 1 heterocycles. The zero-order valence-electron chi connectivity index (χ0n) is 12.9. The van der Waals surface area contributed by atoms with Crippen LogP contribution < -0.4 is 5.32 Å². The Morgan fingerprint density at radius 2 is 2.30 bits per heavy atom. The minimum atomic E-state index is 0.508. The van der Waals surface area contributed by atoms with Crippen LogP contribution in [0, 0.1) is 5.92 Å². The van der Waals surface area contributed by atoms with E-state index < -0.39 is 0 Å². The van der Waals surface area contributed by atoms with Gasteiger partial charge in [-0.15, -0.1) is 11.3 Å². The van der Waals surface area contributed by atoms with Crippen LogP contribution in [0.5, 0.6) is 0 Å². The summed E-state index contributed by atoms with van der Waals surface area (Å²) in [5, 5.41) is 6.74. The molecule has 1 N–H and O–H groups in total. The third-order valence-electron chi connectivity index (χ3n) is 3.36. The predicted molar refractivity (Wildman–Crippen MR) is 84.0 cm³/mol. The third-order valence-corrected chi connectivity index (χ3v) is 4.26. The number of aromatic nitrogens is 1. The highest BCUT2D eigenvalue weighted by Gasteiger charge is 2.20. The summed E-state index contributed by atoms with van der Waals surface area (Å²) < 4.78 is 5.67. The zero-order chi connectivity index (χ0) is 14.4. The van der Waals surface area contributed by atoms with Gasteiger partial charge in [-0.3, -0.25) is 4.90 Å². The van der Waals surface area contributed by atoms with Gasteiger partial charge in [0.15, 0.2) is 0 Å². The fourth-order valence-electron chi connectivity index (χ4n) is 1.90. The average molecular weight is 297 g/mol. The SMILES string of the molecule is CC(C)NCc1nc(CN(C)CCOCC2CC2)cs1. The molecule has 5 heteroatoms. The maximum absolute atomic E-state index is 5.67. The average Bonchev–Trinajstić information content (AvgIpc) is 3.12. The number of nitrogens with one attached hydrogen (secondary N) is 1. The first kappa shape index (κ1) is 15.9. The zero-order valence-corrected chi connectivity index (χ0v) is 13.7. The summed E-state index contributed by atoms with van der Waals surface area (Å²) in [7, 11) is 2.13. The summed E-state index contributed by atoms with van der Waals surface area (Å²) in [6, 6.07) is 0.508. The first-order valence-corrected chi connectivity index (χ1v) is 8.44. The van der Waals surface area contributed by atoms with Gasteiger partial charge in [-0.2, -0.15) is 0 Å². The molecule has 0 atom stereocenters. The predicted octanol–water partition coefficient (Wildman–Crippen LogP) is 2.50. The molecule has 1 aromatic heterocycles. The van der Waals surface area contributed by atoms with Crippen molar-refractivity contribution in [1.82, 2.24) is 15.2 Å². The van der Waals surface area contributed by atoms with Crippen molar-refractivity contribution in [1.29, 1.82) is 0 Å². The van der Waals surface area contributed by atoms with E-state index >= 15 is 0 Å². The number of thiazole rings is 1. The molecule has 1 aromatic rings. The molecule has 0 radical (unpaired) electrons. The van der Waals surface area contributed by atoms with Gasteiger partial charge in [0.25, 0.3) is 0 Å². The summed E-state index contributed by atoms with van der Waals surface area (Å²) in [6.07, 6.45) is 2.73. The molecule has 0 aliphatic heterocycles. The van der Waals surface area contributed by atoms with Gasteiger partial charge in [0.05, 0.1) is 12.3 Å². The second kappa shape index (κ2) is 8.08. The number of rotatable bonds is 10. The lowest BCUT2D eigenvalue weighted by atomic mass is 10.4. The quantitative estimate of drug-likeness (QED) is 0.673. The summed E-state index contributed by atoms with van der Waals surface area (Å²) in [6.45, 7) is 8.85. The minimum Gasteiger partial charge on any atom is -0.380 e. The summed E-state index contributed by atoms with van der Waals surface area (Å²) in [5.74, 6) is 0.856. The molecular formula is C15H27N3OS. The lowest BCUT2D eigenvalue weighted by molar-refractivity contribution is 0.101. The fraction of sp³-hybridized carbons (Fsp3) is 0.800. The molecule has 114 valence electrons. The topological polar surface area (TPSA) is 37.4 Å². The molecule has 1 aliphatic carbocycles. The van der Waals surface area contributed by atoms with Crippen LogP contribution in [0.25, 0.3) is 0 Å². The Kier molecular flexibility index (Phi) is 6.42. The van der Waals surface area contributed by atoms with Crippen LogP contribution in [-0.2, 0) is 17.8 Å². The molecule has 0 aromatic carbocycles. The van der Waals surface area contributed by atoms with Crippen LogP contribution in [0.15, 0.2) is 5.38 Å². The van der Waals surface area contributed by atoms with Gasteiger partial charge >= 0.3 is 0 Å². The van der Waals surface area contributed by atoms with Crippen LogP contribution in [0.1, 0.15) is 37.4 Å². The second-order valence-electron chi connectivity index (χ2n) is 6.02. The number of nitrogens with zero attached hydrogens (tertiary/aromatic N) is 2. The van der Waals surface area contributed by atoms with Gasteiger partial charge in [0.2, 0.25) is 0 Å². The monoisotopic (exact) mass is 297 g/mol. The lowest BCUT2D eigenvalue weighted by Gasteiger charge is -2.15. The molecule has 20 heavy (non-hydrogen) atoms. The number of hydrogen-bond donors (Lipinski definition) is 1. The summed E-state index contributed by atoms with van der Waals surface area (Å²) in [5.41, 5.74) is 1.17. The van der Waals surface area contributed by atoms with E-state index in [-0.39, 0.29) is 0 Å². The van der Waals surface area contributed by atoms with Crippen molar-refractivity contribution in [2.75, 3.05) is 26.8 Å². The summed E-state index contributed by atoms with van der Waals surface area (Å²) >= 11 is 1.74. The van der Waals surface area contributed by atoms with E-state index in [2.05, 4.69) is 41.5 Å². The normalized spacial score (nSPS) is 15.4. The van der Waals surface area contributed by atoms with Gasteiger partial charge in [-0.25, -0.2) is 4.98 Å². The molecule has 0 saturated heterocycles. The summed E-state index contributed by atoms with van der Waals surface area (Å²) in [4.78, 5) is 6.94. The highest BCUT2D eigenvalue weighted by atomic mass is 32.1. The van der Waals surface area contributed by atoms with E-state index in [4.69, 9.17) is 4.74 Å². The van der Waals surface area contributed by atoms with Crippen molar-refractivity contribution in [3.8, 4) is 0 Å². The molecule has 0 spiro atoms. The first-order valence-electron chi connectivity index (χ1n) is 7.56. The molecule has 1 fully saturated rings. The molecule has 1 saturated carbocycles. The van der Waals surface area contributed by atoms with Crippen molar-refractivity contribution in [2.45, 2.75) is 45.8 Å². The maximum atomic E-state index is 5.67. The first-order chi connectivity index (χ1) is 9.63. The van der Waals surface area contributed by atoms with Crippen LogP contribution in [-0.4, -0.2) is 42.7 Å². The van der Waals surface area contributed by atoms with Gasteiger partial charge in [0, 0.05) is 37.7 Å². The third kappa shape index (κ3) is 6.31. The fourth-order valence-corrected chi connectivity index (χ4v) is 2.64. The molecule has 0 unspecified atom stereocenters. The number of hydrogen-bond acceptors (Lipinski definition) is 5. The minimum absolute atomic E-state index is 0.508. The molecule has 1 aliphatic rings. The van der Waals surface area contributed by atoms with Gasteiger partial charge in [-0.1, -0.05) is 13.8 Å². The number of ether oxygens (including phenoxy) is 1. The highest BCUT2D eigenvalue weighted by molar-refractivity contribution is 7.09.